The maximum absolute atomic E-state index is 11.7. The fourth-order valence-corrected chi connectivity index (χ4v) is 0.616. The van der Waals surface area contributed by atoms with Gasteiger partial charge in [0.25, 0.3) is 5.78 Å². The van der Waals surface area contributed by atoms with Crippen molar-refractivity contribution in [2.24, 2.45) is 0 Å². The molecule has 0 spiro atoms. The number of ketones is 1. The topological polar surface area (TPSA) is 67.4 Å². The van der Waals surface area contributed by atoms with Crippen LogP contribution in [0, 0.1) is 0 Å². The van der Waals surface area contributed by atoms with E-state index in [1.54, 1.807) is 20.8 Å². The summed E-state index contributed by atoms with van der Waals surface area (Å²) in [5, 5.41) is 0. The van der Waals surface area contributed by atoms with Gasteiger partial charge in [0.05, 0.1) is 0 Å². The molecule has 0 saturated heterocycles. The Hall–Kier alpha value is -1.73. The SMILES string of the molecule is CC(C)(C)OC(=O)NN/C=C\C(=O)C(F)(F)F. The van der Waals surface area contributed by atoms with Crippen LogP contribution >= 0.6 is 0 Å². The monoisotopic (exact) mass is 254 g/mol. The zero-order valence-electron chi connectivity index (χ0n) is 9.51. The van der Waals surface area contributed by atoms with Crippen molar-refractivity contribution in [1.82, 2.24) is 10.9 Å². The van der Waals surface area contributed by atoms with Gasteiger partial charge < -0.3 is 10.2 Å². The molecule has 0 heterocycles. The zero-order valence-corrected chi connectivity index (χ0v) is 9.51. The molecular weight excluding hydrogens is 241 g/mol. The maximum atomic E-state index is 11.7. The standard InChI is InChI=1S/C9H13F3N2O3/c1-8(2,3)17-7(16)14-13-5-4-6(15)9(10,11)12/h4-5,13H,1-3H3,(H,14,16)/b5-4-. The Morgan fingerprint density at radius 3 is 2.12 bits per heavy atom. The predicted octanol–water partition coefficient (Wildman–Crippen LogP) is 1.66. The molecule has 0 saturated carbocycles. The lowest BCUT2D eigenvalue weighted by Crippen LogP contribution is -2.38. The first-order chi connectivity index (χ1) is 7.52. The summed E-state index contributed by atoms with van der Waals surface area (Å²) in [4.78, 5) is 21.3. The molecule has 0 atom stereocenters. The molecule has 0 rings (SSSR count). The number of ether oxygens (including phenoxy) is 1. The van der Waals surface area contributed by atoms with Crippen molar-refractivity contribution < 1.29 is 27.5 Å². The summed E-state index contributed by atoms with van der Waals surface area (Å²) in [6.45, 7) is 4.86. The van der Waals surface area contributed by atoms with Gasteiger partial charge in [-0.25, -0.2) is 10.2 Å². The van der Waals surface area contributed by atoms with Crippen molar-refractivity contribution >= 4 is 11.9 Å². The van der Waals surface area contributed by atoms with Crippen LogP contribution in [0.5, 0.6) is 0 Å². The van der Waals surface area contributed by atoms with Gasteiger partial charge in [-0.2, -0.15) is 13.2 Å². The number of carbonyl (C=O) groups excluding carboxylic acids is 2. The van der Waals surface area contributed by atoms with E-state index >= 15 is 0 Å². The Bertz CT molecular complexity index is 318. The van der Waals surface area contributed by atoms with Gasteiger partial charge >= 0.3 is 12.3 Å². The van der Waals surface area contributed by atoms with Gasteiger partial charge in [-0.05, 0) is 20.8 Å². The molecule has 0 aliphatic rings. The first-order valence-corrected chi connectivity index (χ1v) is 4.54. The van der Waals surface area contributed by atoms with E-state index < -0.39 is 23.7 Å². The van der Waals surface area contributed by atoms with E-state index in [1.807, 2.05) is 10.9 Å². The average Bonchev–Trinajstić information content (AvgIpc) is 2.07. The van der Waals surface area contributed by atoms with Crippen molar-refractivity contribution in [3.63, 3.8) is 0 Å². The van der Waals surface area contributed by atoms with E-state index in [2.05, 4.69) is 0 Å². The molecule has 0 aliphatic heterocycles. The normalized spacial score (nSPS) is 12.4. The minimum atomic E-state index is -4.93. The highest BCUT2D eigenvalue weighted by molar-refractivity contribution is 5.94. The van der Waals surface area contributed by atoms with Crippen LogP contribution in [0.2, 0.25) is 0 Å². The third-order valence-corrected chi connectivity index (χ3v) is 1.17. The minimum Gasteiger partial charge on any atom is -0.443 e. The molecule has 0 aromatic heterocycles. The average molecular weight is 254 g/mol. The van der Waals surface area contributed by atoms with Gasteiger partial charge in [-0.3, -0.25) is 4.79 Å². The highest BCUT2D eigenvalue weighted by Crippen LogP contribution is 2.15. The van der Waals surface area contributed by atoms with E-state index in [0.717, 1.165) is 0 Å². The molecule has 2 N–H and O–H groups in total. The number of hydrazine groups is 1. The highest BCUT2D eigenvalue weighted by atomic mass is 19.4. The fourth-order valence-electron chi connectivity index (χ4n) is 0.616. The quantitative estimate of drug-likeness (QED) is 0.593. The summed E-state index contributed by atoms with van der Waals surface area (Å²) < 4.78 is 39.9. The third kappa shape index (κ3) is 8.12. The Morgan fingerprint density at radius 1 is 1.18 bits per heavy atom. The summed E-state index contributed by atoms with van der Waals surface area (Å²) in [7, 11) is 0. The van der Waals surface area contributed by atoms with E-state index in [4.69, 9.17) is 4.74 Å². The molecule has 0 bridgehead atoms. The van der Waals surface area contributed by atoms with Gasteiger partial charge in [0.15, 0.2) is 0 Å². The van der Waals surface area contributed by atoms with Crippen LogP contribution in [0.15, 0.2) is 12.3 Å². The van der Waals surface area contributed by atoms with Gasteiger partial charge in [-0.1, -0.05) is 0 Å². The van der Waals surface area contributed by atoms with Crippen LogP contribution in [0.3, 0.4) is 0 Å². The van der Waals surface area contributed by atoms with Gasteiger partial charge in [0.2, 0.25) is 0 Å². The number of nitrogens with one attached hydrogen (secondary N) is 2. The second kappa shape index (κ2) is 5.55. The van der Waals surface area contributed by atoms with E-state index in [1.165, 1.54) is 0 Å². The number of alkyl halides is 3. The molecular formula is C9H13F3N2O3. The molecule has 0 aromatic carbocycles. The van der Waals surface area contributed by atoms with Crippen molar-refractivity contribution in [3.05, 3.63) is 12.3 Å². The van der Waals surface area contributed by atoms with Crippen LogP contribution in [0.1, 0.15) is 20.8 Å². The maximum Gasteiger partial charge on any atom is 0.454 e. The lowest BCUT2D eigenvalue weighted by molar-refractivity contribution is -0.165. The summed E-state index contributed by atoms with van der Waals surface area (Å²) in [6, 6.07) is 0. The largest absolute Gasteiger partial charge is 0.454 e. The Balaban J connectivity index is 3.97. The van der Waals surface area contributed by atoms with Crippen molar-refractivity contribution in [2.75, 3.05) is 0 Å². The van der Waals surface area contributed by atoms with Crippen molar-refractivity contribution in [3.8, 4) is 0 Å². The molecule has 1 amide bonds. The van der Waals surface area contributed by atoms with Crippen molar-refractivity contribution in [1.29, 1.82) is 0 Å². The van der Waals surface area contributed by atoms with E-state index in [9.17, 15) is 22.8 Å². The molecule has 98 valence electrons. The number of allylic oxidation sites excluding steroid dienone is 1. The predicted molar refractivity (Wildman–Crippen MR) is 52.7 cm³/mol. The lowest BCUT2D eigenvalue weighted by atomic mass is 10.2. The summed E-state index contributed by atoms with van der Waals surface area (Å²) in [5.41, 5.74) is 3.19. The second-order valence-electron chi connectivity index (χ2n) is 3.97. The number of amides is 1. The molecule has 17 heavy (non-hydrogen) atoms. The molecule has 5 nitrogen and oxygen atoms in total. The summed E-state index contributed by atoms with van der Waals surface area (Å²) >= 11 is 0. The molecule has 0 aliphatic carbocycles. The van der Waals surface area contributed by atoms with Gasteiger partial charge in [-0.15, -0.1) is 0 Å². The fraction of sp³-hybridized carbons (Fsp3) is 0.556. The van der Waals surface area contributed by atoms with Crippen LogP contribution < -0.4 is 10.9 Å². The second-order valence-corrected chi connectivity index (χ2v) is 3.97. The first-order valence-electron chi connectivity index (χ1n) is 4.54. The van der Waals surface area contributed by atoms with Crippen LogP contribution in [0.25, 0.3) is 0 Å². The van der Waals surface area contributed by atoms with E-state index in [-0.39, 0.29) is 6.08 Å². The van der Waals surface area contributed by atoms with E-state index in [0.29, 0.717) is 6.20 Å². The number of rotatable bonds is 3. The Morgan fingerprint density at radius 2 is 1.71 bits per heavy atom. The van der Waals surface area contributed by atoms with Crippen LogP contribution in [-0.4, -0.2) is 23.7 Å². The summed E-state index contributed by atoms with van der Waals surface area (Å²) in [5.74, 6) is -2.03. The first kappa shape index (κ1) is 15.3. The Kier molecular flexibility index (Phi) is 4.99. The van der Waals surface area contributed by atoms with Gasteiger partial charge in [0, 0.05) is 12.3 Å². The molecule has 0 unspecified atom stereocenters. The number of hydrogen-bond donors (Lipinski definition) is 2. The van der Waals surface area contributed by atoms with Crippen LogP contribution in [0.4, 0.5) is 18.0 Å². The minimum absolute atomic E-state index is 0.247. The number of halogens is 3. The smallest absolute Gasteiger partial charge is 0.443 e. The zero-order chi connectivity index (χ0) is 13.7. The molecule has 0 fully saturated rings. The Labute approximate surface area is 96.0 Å². The third-order valence-electron chi connectivity index (χ3n) is 1.17. The number of carbonyl (C=O) groups is 2. The highest BCUT2D eigenvalue weighted by Gasteiger charge is 2.36. The number of hydrogen-bond acceptors (Lipinski definition) is 4. The molecule has 0 aromatic rings. The van der Waals surface area contributed by atoms with Gasteiger partial charge in [0.1, 0.15) is 5.60 Å². The molecule has 0 radical (unpaired) electrons. The lowest BCUT2D eigenvalue weighted by Gasteiger charge is -2.19. The molecule has 8 heteroatoms. The van der Waals surface area contributed by atoms with Crippen LogP contribution in [-0.2, 0) is 9.53 Å². The summed E-state index contributed by atoms with van der Waals surface area (Å²) in [6.07, 6.45) is -4.90. The van der Waals surface area contributed by atoms with Crippen molar-refractivity contribution in [2.45, 2.75) is 32.5 Å².